The summed E-state index contributed by atoms with van der Waals surface area (Å²) in [5.41, 5.74) is 9.79. The lowest BCUT2D eigenvalue weighted by Gasteiger charge is -2.31. The van der Waals surface area contributed by atoms with Gasteiger partial charge in [0, 0.05) is 12.2 Å². The molecule has 5 nitrogen and oxygen atoms in total. The summed E-state index contributed by atoms with van der Waals surface area (Å²) in [6, 6.07) is 4.93. The number of rotatable bonds is 3. The lowest BCUT2D eigenvalue weighted by Crippen LogP contribution is -2.47. The van der Waals surface area contributed by atoms with Crippen LogP contribution in [0.1, 0.15) is 5.56 Å². The van der Waals surface area contributed by atoms with E-state index in [0.29, 0.717) is 18.7 Å². The molecule has 0 saturated carbocycles. The molecule has 1 aromatic rings. The van der Waals surface area contributed by atoms with Gasteiger partial charge in [0.2, 0.25) is 5.91 Å². The molecule has 0 bridgehead atoms. The molecule has 17 heavy (non-hydrogen) atoms. The molecule has 1 aliphatic heterocycles. The summed E-state index contributed by atoms with van der Waals surface area (Å²) in [6.07, 6.45) is 0.588. The fraction of sp³-hybridized carbons (Fsp3) is 0.417. The Bertz CT molecular complexity index is 434. The number of carbonyl (C=O) groups is 1. The van der Waals surface area contributed by atoms with E-state index in [9.17, 15) is 4.79 Å². The molecule has 0 saturated heterocycles. The minimum absolute atomic E-state index is 0.0334. The van der Waals surface area contributed by atoms with Gasteiger partial charge in [0.25, 0.3) is 0 Å². The van der Waals surface area contributed by atoms with Crippen LogP contribution in [-0.2, 0) is 11.2 Å². The van der Waals surface area contributed by atoms with Crippen molar-refractivity contribution in [3.8, 4) is 0 Å². The van der Waals surface area contributed by atoms with E-state index in [1.807, 2.05) is 11.9 Å². The molecular formula is C12H16N3O2. The fourth-order valence-electron chi connectivity index (χ4n) is 2.07. The number of benzene rings is 1. The molecule has 5 heteroatoms. The predicted octanol–water partition coefficient (Wildman–Crippen LogP) is 0.388. The molecule has 1 amide bonds. The van der Waals surface area contributed by atoms with Crippen molar-refractivity contribution in [2.24, 2.45) is 0 Å². The maximum atomic E-state index is 11.9. The van der Waals surface area contributed by atoms with Crippen LogP contribution in [0, 0.1) is 0 Å². The van der Waals surface area contributed by atoms with Crippen molar-refractivity contribution in [3.63, 3.8) is 0 Å². The first-order chi connectivity index (χ1) is 8.11. The van der Waals surface area contributed by atoms with Crippen LogP contribution in [0.25, 0.3) is 0 Å². The Morgan fingerprint density at radius 1 is 1.59 bits per heavy atom. The number of aliphatic hydroxyl groups is 1. The number of hydrogen-bond donors (Lipinski definition) is 2. The molecule has 1 atom stereocenters. The Kier molecular flexibility index (Phi) is 3.31. The highest BCUT2D eigenvalue weighted by Crippen LogP contribution is 2.26. The average molecular weight is 234 g/mol. The summed E-state index contributed by atoms with van der Waals surface area (Å²) in [4.78, 5) is 13.7. The van der Waals surface area contributed by atoms with Crippen molar-refractivity contribution >= 4 is 17.3 Å². The molecule has 1 unspecified atom stereocenters. The summed E-state index contributed by atoms with van der Waals surface area (Å²) in [5.74, 6) is -0.0498. The van der Waals surface area contributed by atoms with Crippen molar-refractivity contribution in [2.75, 3.05) is 25.5 Å². The smallest absolute Gasteiger partial charge is 0.242 e. The minimum atomic E-state index is -0.267. The second-order valence-electron chi connectivity index (χ2n) is 4.29. The zero-order chi connectivity index (χ0) is 12.4. The Morgan fingerprint density at radius 2 is 2.35 bits per heavy atom. The zero-order valence-corrected chi connectivity index (χ0v) is 9.73. The Balaban J connectivity index is 2.22. The molecule has 1 radical (unpaired) electrons. The van der Waals surface area contributed by atoms with Crippen LogP contribution in [0.2, 0.25) is 0 Å². The zero-order valence-electron chi connectivity index (χ0n) is 9.73. The highest BCUT2D eigenvalue weighted by atomic mass is 16.3. The summed E-state index contributed by atoms with van der Waals surface area (Å²) in [7, 11) is 1.82. The van der Waals surface area contributed by atoms with Crippen molar-refractivity contribution in [3.05, 3.63) is 23.8 Å². The van der Waals surface area contributed by atoms with E-state index in [1.54, 1.807) is 18.2 Å². The molecular weight excluding hydrogens is 218 g/mol. The average Bonchev–Trinajstić information content (AvgIpc) is 2.29. The molecule has 0 aliphatic carbocycles. The van der Waals surface area contributed by atoms with Crippen LogP contribution in [-0.4, -0.2) is 42.2 Å². The van der Waals surface area contributed by atoms with Gasteiger partial charge in [-0.1, -0.05) is 0 Å². The highest BCUT2D eigenvalue weighted by molar-refractivity contribution is 5.98. The van der Waals surface area contributed by atoms with Gasteiger partial charge in [-0.2, -0.15) is 0 Å². The van der Waals surface area contributed by atoms with E-state index < -0.39 is 0 Å². The molecule has 0 aromatic heterocycles. The molecule has 2 rings (SSSR count). The number of nitrogens with one attached hydrogen (secondary N) is 2. The van der Waals surface area contributed by atoms with Gasteiger partial charge in [-0.3, -0.25) is 9.69 Å². The third-order valence-corrected chi connectivity index (χ3v) is 3.06. The summed E-state index contributed by atoms with van der Waals surface area (Å²) >= 11 is 0. The lowest BCUT2D eigenvalue weighted by atomic mass is 9.97. The second kappa shape index (κ2) is 4.73. The summed E-state index contributed by atoms with van der Waals surface area (Å²) < 4.78 is 0. The van der Waals surface area contributed by atoms with Gasteiger partial charge in [-0.15, -0.1) is 0 Å². The second-order valence-corrected chi connectivity index (χ2v) is 4.29. The number of carbonyl (C=O) groups excluding carboxylic acids is 1. The molecule has 0 fully saturated rings. The van der Waals surface area contributed by atoms with E-state index in [1.165, 1.54) is 0 Å². The van der Waals surface area contributed by atoms with Gasteiger partial charge in [-0.05, 0) is 37.2 Å². The third-order valence-electron chi connectivity index (χ3n) is 3.06. The van der Waals surface area contributed by atoms with E-state index in [0.717, 1.165) is 11.3 Å². The minimum Gasteiger partial charge on any atom is -0.395 e. The normalized spacial score (nSPS) is 19.0. The van der Waals surface area contributed by atoms with E-state index >= 15 is 0 Å². The molecule has 1 aromatic carbocycles. The maximum Gasteiger partial charge on any atom is 0.242 e. The van der Waals surface area contributed by atoms with Crippen molar-refractivity contribution in [1.82, 2.24) is 10.6 Å². The van der Waals surface area contributed by atoms with Crippen molar-refractivity contribution in [1.29, 1.82) is 0 Å². The first kappa shape index (κ1) is 11.9. The Morgan fingerprint density at radius 3 is 3.06 bits per heavy atom. The van der Waals surface area contributed by atoms with Crippen molar-refractivity contribution in [2.45, 2.75) is 12.5 Å². The number of nitrogens with zero attached hydrogens (tertiary/aromatic N) is 1. The molecule has 1 aliphatic rings. The Labute approximate surface area is 100 Å². The van der Waals surface area contributed by atoms with E-state index in [-0.39, 0.29) is 18.6 Å². The molecule has 91 valence electrons. The molecule has 1 heterocycles. The standard InChI is InChI=1S/C12H16N3O2/c1-15(4-5-16)11-7-8-6-9(13)2-3-10(8)14-12(11)17/h2-3,6,11,13,16H,4-5,7H2,1H3,(H,14,17). The highest BCUT2D eigenvalue weighted by Gasteiger charge is 2.28. The SMILES string of the molecule is CN(CCO)C1Cc2cc([NH])ccc2NC1=O. The maximum absolute atomic E-state index is 11.9. The third kappa shape index (κ3) is 2.40. The number of anilines is 1. The van der Waals surface area contributed by atoms with Gasteiger partial charge in [0.15, 0.2) is 0 Å². The van der Waals surface area contributed by atoms with Gasteiger partial charge in [-0.25, -0.2) is 0 Å². The van der Waals surface area contributed by atoms with Crippen LogP contribution >= 0.6 is 0 Å². The monoisotopic (exact) mass is 234 g/mol. The van der Waals surface area contributed by atoms with Crippen LogP contribution in [0.3, 0.4) is 0 Å². The summed E-state index contributed by atoms with van der Waals surface area (Å²) in [5, 5.41) is 11.7. The van der Waals surface area contributed by atoms with Crippen LogP contribution < -0.4 is 11.1 Å². The predicted molar refractivity (Wildman–Crippen MR) is 65.0 cm³/mol. The fourth-order valence-corrected chi connectivity index (χ4v) is 2.07. The Hall–Kier alpha value is -1.59. The first-order valence-electron chi connectivity index (χ1n) is 5.58. The van der Waals surface area contributed by atoms with Gasteiger partial charge < -0.3 is 16.2 Å². The van der Waals surface area contributed by atoms with Gasteiger partial charge in [0.1, 0.15) is 0 Å². The molecule has 0 spiro atoms. The van der Waals surface area contributed by atoms with Gasteiger partial charge >= 0.3 is 0 Å². The lowest BCUT2D eigenvalue weighted by molar-refractivity contribution is -0.121. The number of amides is 1. The van der Waals surface area contributed by atoms with E-state index in [4.69, 9.17) is 10.8 Å². The number of fused-ring (bicyclic) bond motifs is 1. The van der Waals surface area contributed by atoms with Crippen molar-refractivity contribution < 1.29 is 9.90 Å². The number of hydrogen-bond acceptors (Lipinski definition) is 3. The topological polar surface area (TPSA) is 76.4 Å². The number of likely N-dealkylation sites (N-methyl/N-ethyl adjacent to an activating group) is 1. The van der Waals surface area contributed by atoms with Crippen LogP contribution in [0.15, 0.2) is 18.2 Å². The largest absolute Gasteiger partial charge is 0.395 e. The molecule has 3 N–H and O–H groups in total. The number of aliphatic hydroxyl groups excluding tert-OH is 1. The van der Waals surface area contributed by atoms with Gasteiger partial charge in [0.05, 0.1) is 18.3 Å². The quantitative estimate of drug-likeness (QED) is 0.794. The van der Waals surface area contributed by atoms with E-state index in [2.05, 4.69) is 5.32 Å². The summed E-state index contributed by atoms with van der Waals surface area (Å²) in [6.45, 7) is 0.500. The first-order valence-corrected chi connectivity index (χ1v) is 5.58. The van der Waals surface area contributed by atoms with Crippen LogP contribution in [0.4, 0.5) is 11.4 Å². The van der Waals surface area contributed by atoms with Crippen LogP contribution in [0.5, 0.6) is 0 Å².